The summed E-state index contributed by atoms with van der Waals surface area (Å²) in [6.07, 6.45) is 23.8. The number of unbranched alkanes of at least 4 members (excludes halogenated alkanes) is 10. The first-order chi connectivity index (χ1) is 21.5. The maximum atomic E-state index is 12.3. The average Bonchev–Trinajstić information content (AvgIpc) is 3.31. The van der Waals surface area contributed by atoms with Crippen molar-refractivity contribution in [1.29, 1.82) is 0 Å². The Hall–Kier alpha value is -2.48. The van der Waals surface area contributed by atoms with E-state index in [1.54, 1.807) is 4.70 Å². The summed E-state index contributed by atoms with van der Waals surface area (Å²) in [6, 6.07) is 14.3. The molecule has 2 aromatic rings. The van der Waals surface area contributed by atoms with Gasteiger partial charge in [0.1, 0.15) is 0 Å². The SMILES string of the molecule is CCCCCCCCC1=C(c2cc(CC)cc(CCCCC)c2)[N+](=[N-])C(c2cc(CC)cc(CCCCC)c2)=C1CCCC. The summed E-state index contributed by atoms with van der Waals surface area (Å²) in [7, 11) is 0. The first-order valence-corrected chi connectivity index (χ1v) is 18.7. The highest BCUT2D eigenvalue weighted by atomic mass is 15.2. The molecule has 0 unspecified atom stereocenters. The average molecular weight is 597 g/mol. The number of nitrogens with zero attached hydrogens (tertiary/aromatic N) is 2. The van der Waals surface area contributed by atoms with Gasteiger partial charge in [-0.05, 0) is 111 Å². The van der Waals surface area contributed by atoms with Crippen LogP contribution in [0.25, 0.3) is 16.9 Å². The summed E-state index contributed by atoms with van der Waals surface area (Å²) in [6.45, 7) is 13.7. The zero-order valence-corrected chi connectivity index (χ0v) is 29.5. The second kappa shape index (κ2) is 19.8. The molecule has 2 nitrogen and oxygen atoms in total. The second-order valence-electron chi connectivity index (χ2n) is 13.3. The highest BCUT2D eigenvalue weighted by Gasteiger charge is 2.35. The van der Waals surface area contributed by atoms with Crippen LogP contribution in [0.3, 0.4) is 0 Å². The molecule has 1 aliphatic rings. The number of benzene rings is 2. The molecule has 0 N–H and O–H groups in total. The van der Waals surface area contributed by atoms with Crippen molar-refractivity contribution in [3.05, 3.63) is 86.5 Å². The Balaban J connectivity index is 2.14. The highest BCUT2D eigenvalue weighted by Crippen LogP contribution is 2.45. The van der Waals surface area contributed by atoms with Gasteiger partial charge in [0.25, 0.3) is 0 Å². The first kappa shape index (κ1) is 36.0. The van der Waals surface area contributed by atoms with E-state index in [2.05, 4.69) is 77.9 Å². The molecule has 0 aliphatic carbocycles. The monoisotopic (exact) mass is 597 g/mol. The summed E-state index contributed by atoms with van der Waals surface area (Å²) in [5.41, 5.74) is 25.2. The smallest absolute Gasteiger partial charge is 0.211 e. The number of hydrogen-bond donors (Lipinski definition) is 0. The minimum atomic E-state index is 1.02. The fourth-order valence-corrected chi connectivity index (χ4v) is 6.87. The van der Waals surface area contributed by atoms with Crippen LogP contribution >= 0.6 is 0 Å². The molecule has 0 amide bonds. The Labute approximate surface area is 271 Å². The van der Waals surface area contributed by atoms with Gasteiger partial charge in [0.2, 0.25) is 11.4 Å². The quantitative estimate of drug-likeness (QED) is 0.0954. The molecule has 0 radical (unpaired) electrons. The van der Waals surface area contributed by atoms with E-state index in [-0.39, 0.29) is 0 Å². The van der Waals surface area contributed by atoms with Crippen molar-refractivity contribution in [2.75, 3.05) is 0 Å². The Morgan fingerprint density at radius 3 is 1.23 bits per heavy atom. The van der Waals surface area contributed by atoms with Gasteiger partial charge in [-0.1, -0.05) is 118 Å². The van der Waals surface area contributed by atoms with Gasteiger partial charge in [-0.15, -0.1) is 0 Å². The van der Waals surface area contributed by atoms with Crippen molar-refractivity contribution in [3.63, 3.8) is 0 Å². The zero-order valence-electron chi connectivity index (χ0n) is 29.5. The molecule has 0 atom stereocenters. The Morgan fingerprint density at radius 1 is 0.409 bits per heavy atom. The molecule has 0 spiro atoms. The number of hydrogen-bond acceptors (Lipinski definition) is 0. The van der Waals surface area contributed by atoms with Gasteiger partial charge in [0.05, 0.1) is 0 Å². The summed E-state index contributed by atoms with van der Waals surface area (Å²) in [5.74, 6) is 0. The predicted molar refractivity (Wildman–Crippen MR) is 193 cm³/mol. The normalized spacial score (nSPS) is 13.5. The van der Waals surface area contributed by atoms with Crippen molar-refractivity contribution >= 4 is 11.4 Å². The van der Waals surface area contributed by atoms with Crippen molar-refractivity contribution < 1.29 is 4.70 Å². The minimum absolute atomic E-state index is 1.02. The number of allylic oxidation sites excluding steroid dienone is 2. The maximum absolute atomic E-state index is 12.3. The fourth-order valence-electron chi connectivity index (χ4n) is 6.87. The van der Waals surface area contributed by atoms with E-state index in [4.69, 9.17) is 0 Å². The first-order valence-electron chi connectivity index (χ1n) is 18.7. The molecule has 0 bridgehead atoms. The van der Waals surface area contributed by atoms with Crippen LogP contribution in [0.2, 0.25) is 0 Å². The predicted octanol–water partition coefficient (Wildman–Crippen LogP) is 13.4. The van der Waals surface area contributed by atoms with E-state index in [0.29, 0.717) is 0 Å². The molecule has 3 rings (SSSR count). The minimum Gasteiger partial charge on any atom is -0.493 e. The third-order valence-electron chi connectivity index (χ3n) is 9.53. The molecule has 0 saturated heterocycles. The van der Waals surface area contributed by atoms with E-state index in [1.807, 2.05) is 0 Å². The largest absolute Gasteiger partial charge is 0.493 e. The van der Waals surface area contributed by atoms with Crippen LogP contribution in [0.5, 0.6) is 0 Å². The van der Waals surface area contributed by atoms with Crippen LogP contribution in [0.15, 0.2) is 47.5 Å². The summed E-state index contributed by atoms with van der Waals surface area (Å²) >= 11 is 0. The molecular weight excluding hydrogens is 532 g/mol. The van der Waals surface area contributed by atoms with Crippen LogP contribution < -0.4 is 0 Å². The van der Waals surface area contributed by atoms with Gasteiger partial charge in [-0.2, -0.15) is 0 Å². The topological polar surface area (TPSA) is 25.3 Å². The fraction of sp³-hybridized carbons (Fsp3) is 0.619. The number of rotatable bonds is 22. The molecule has 0 fully saturated rings. The number of aryl methyl sites for hydroxylation is 4. The van der Waals surface area contributed by atoms with Crippen molar-refractivity contribution in [1.82, 2.24) is 0 Å². The molecular formula is C42H64N2. The second-order valence-corrected chi connectivity index (χ2v) is 13.3. The standard InChI is InChI=1S/C42H64N2/c1-7-13-17-18-19-22-26-40-39(25-16-10-4)41(37-29-33(11-5)27-35(31-37)23-20-14-8-2)44(43)42(40)38-30-34(12-6)28-36(32-38)24-21-15-9-3/h27-32H,7-26H2,1-6H3. The van der Waals surface area contributed by atoms with Crippen LogP contribution in [0.1, 0.15) is 178 Å². The summed E-state index contributed by atoms with van der Waals surface area (Å²) in [4.78, 5) is 0. The van der Waals surface area contributed by atoms with Gasteiger partial charge < -0.3 is 5.53 Å². The molecule has 242 valence electrons. The molecule has 1 aliphatic heterocycles. The van der Waals surface area contributed by atoms with Crippen LogP contribution in [-0.4, -0.2) is 4.70 Å². The molecule has 1 heterocycles. The van der Waals surface area contributed by atoms with Crippen molar-refractivity contribution in [2.24, 2.45) is 0 Å². The lowest BCUT2D eigenvalue weighted by atomic mass is 9.90. The van der Waals surface area contributed by atoms with Crippen molar-refractivity contribution in [3.8, 4) is 0 Å². The van der Waals surface area contributed by atoms with Gasteiger partial charge >= 0.3 is 0 Å². The van der Waals surface area contributed by atoms with E-state index in [0.717, 1.165) is 62.8 Å². The highest BCUT2D eigenvalue weighted by molar-refractivity contribution is 5.82. The van der Waals surface area contributed by atoms with Gasteiger partial charge in [0, 0.05) is 22.3 Å². The molecule has 2 aromatic carbocycles. The van der Waals surface area contributed by atoms with Crippen LogP contribution in [0.4, 0.5) is 0 Å². The van der Waals surface area contributed by atoms with Gasteiger partial charge in [-0.25, -0.2) is 4.70 Å². The van der Waals surface area contributed by atoms with E-state index in [1.165, 1.54) is 122 Å². The lowest BCUT2D eigenvalue weighted by Crippen LogP contribution is -2.05. The molecule has 0 aromatic heterocycles. The summed E-state index contributed by atoms with van der Waals surface area (Å²) < 4.78 is 1.63. The van der Waals surface area contributed by atoms with Gasteiger partial charge in [0.15, 0.2) is 0 Å². The lowest BCUT2D eigenvalue weighted by Gasteiger charge is -2.14. The van der Waals surface area contributed by atoms with Gasteiger partial charge in [-0.3, -0.25) is 0 Å². The maximum Gasteiger partial charge on any atom is 0.211 e. The van der Waals surface area contributed by atoms with Crippen LogP contribution in [0, 0.1) is 0 Å². The van der Waals surface area contributed by atoms with E-state index in [9.17, 15) is 5.53 Å². The molecule has 0 saturated carbocycles. The third-order valence-corrected chi connectivity index (χ3v) is 9.53. The zero-order chi connectivity index (χ0) is 31.7. The lowest BCUT2D eigenvalue weighted by molar-refractivity contribution is -0.345. The third kappa shape index (κ3) is 10.3. The van der Waals surface area contributed by atoms with Crippen LogP contribution in [-0.2, 0) is 25.7 Å². The molecule has 44 heavy (non-hydrogen) atoms. The Morgan fingerprint density at radius 2 is 0.773 bits per heavy atom. The Bertz CT molecular complexity index is 1240. The van der Waals surface area contributed by atoms with E-state index >= 15 is 0 Å². The summed E-state index contributed by atoms with van der Waals surface area (Å²) in [5, 5.41) is 0. The van der Waals surface area contributed by atoms with E-state index < -0.39 is 0 Å². The Kier molecular flexibility index (Phi) is 16.2. The molecule has 2 heteroatoms. The van der Waals surface area contributed by atoms with Crippen molar-refractivity contribution in [2.45, 2.75) is 170 Å².